The maximum Gasteiger partial charge on any atom is 0.219 e. The molecule has 3 N–H and O–H groups in total. The van der Waals surface area contributed by atoms with Gasteiger partial charge in [-0.1, -0.05) is 218 Å². The van der Waals surface area contributed by atoms with Gasteiger partial charge in [0.15, 0.2) is 0 Å². The quantitative estimate of drug-likeness (QED) is 0.0512. The van der Waals surface area contributed by atoms with Crippen LogP contribution >= 0.6 is 0 Å². The fourth-order valence-corrected chi connectivity index (χ4v) is 7.68. The van der Waals surface area contributed by atoms with Crippen LogP contribution < -0.4 is 10.6 Å². The second kappa shape index (κ2) is 40.7. The first-order chi connectivity index (χ1) is 26.7. The van der Waals surface area contributed by atoms with Gasteiger partial charge in [0.05, 0.1) is 18.0 Å². The Labute approximate surface area is 343 Å². The first-order valence-corrected chi connectivity index (χ1v) is 25.2. The third kappa shape index (κ3) is 42.0. The minimum atomic E-state index is -4.27. The van der Waals surface area contributed by atoms with E-state index >= 15 is 0 Å². The molecule has 55 heavy (non-hydrogen) atoms. The number of amides is 1. The zero-order valence-corrected chi connectivity index (χ0v) is 37.8. The molecule has 0 atom stereocenters. The third-order valence-electron chi connectivity index (χ3n) is 10.9. The van der Waals surface area contributed by atoms with Crippen molar-refractivity contribution in [3.63, 3.8) is 0 Å². The molecule has 0 unspecified atom stereocenters. The van der Waals surface area contributed by atoms with Crippen LogP contribution in [0.2, 0.25) is 0 Å². The van der Waals surface area contributed by atoms with E-state index in [9.17, 15) is 17.8 Å². The minimum absolute atomic E-state index is 0.178. The summed E-state index contributed by atoms with van der Waals surface area (Å²) in [6.07, 6.45) is 45.5. The number of benzene rings is 1. The highest BCUT2D eigenvalue weighted by Gasteiger charge is 2.02. The number of aryl methyl sites for hydroxylation is 1. The summed E-state index contributed by atoms with van der Waals surface area (Å²) in [6, 6.07) is 5.78. The van der Waals surface area contributed by atoms with Gasteiger partial charge in [-0.15, -0.1) is 0 Å². The lowest BCUT2D eigenvalue weighted by molar-refractivity contribution is -0.655. The molecule has 7 heteroatoms. The highest BCUT2D eigenvalue weighted by atomic mass is 32.2. The summed E-state index contributed by atoms with van der Waals surface area (Å²) in [7, 11) is -4.27. The summed E-state index contributed by atoms with van der Waals surface area (Å²) in [5, 5.41) is 5.59. The Hall–Kier alpha value is -1.44. The van der Waals surface area contributed by atoms with E-state index in [4.69, 9.17) is 0 Å². The van der Waals surface area contributed by atoms with Gasteiger partial charge in [-0.25, -0.2) is 8.42 Å². The Morgan fingerprint density at radius 1 is 0.564 bits per heavy atom. The van der Waals surface area contributed by atoms with Crippen LogP contribution in [0.4, 0.5) is 0 Å². The minimum Gasteiger partial charge on any atom is -0.744 e. The predicted molar refractivity (Wildman–Crippen MR) is 237 cm³/mol. The standard InChI is InChI=1S/C41H84N2O.C7H8O3S/c1-4-5-6-7-8-9-10-11-13-17-20-23-26-29-32-36-41(44)43-39-34-38-42-37-33-30-27-24-21-18-15-12-14-16-19-22-25-28-31-35-40(2)3;1-6-2-4-7(5-3-6)11(8,9)10/h40,42H,4-39H2,1-3H3,(H,43,44);2-5H,1H3,(H,8,9,10). The number of carbonyl (C=O) groups excluding carboxylic acids is 1. The van der Waals surface area contributed by atoms with Crippen molar-refractivity contribution in [2.24, 2.45) is 5.92 Å². The molecule has 1 rings (SSSR count). The molecule has 6 nitrogen and oxygen atoms in total. The largest absolute Gasteiger partial charge is 0.744 e. The summed E-state index contributed by atoms with van der Waals surface area (Å²) in [5.74, 6) is 1.15. The number of unbranched alkanes of at least 4 members (excludes halogenated alkanes) is 28. The topological polar surface area (TPSA) is 103 Å². The summed E-state index contributed by atoms with van der Waals surface area (Å²) in [5.41, 5.74) is 0.928. The molecule has 0 spiro atoms. The molecular weight excluding hydrogens is 701 g/mol. The molecule has 1 aromatic carbocycles. The molecule has 0 aromatic heterocycles. The Morgan fingerprint density at radius 2 is 0.927 bits per heavy atom. The van der Waals surface area contributed by atoms with Gasteiger partial charge in [0.25, 0.3) is 0 Å². The van der Waals surface area contributed by atoms with Gasteiger partial charge in [-0.2, -0.15) is 0 Å². The summed E-state index contributed by atoms with van der Waals surface area (Å²) < 4.78 is 31.2. The fourth-order valence-electron chi connectivity index (χ4n) is 7.21. The zero-order valence-electron chi connectivity index (χ0n) is 37.0. The highest BCUT2D eigenvalue weighted by molar-refractivity contribution is 7.85. The zero-order chi connectivity index (χ0) is 40.5. The third-order valence-corrected chi connectivity index (χ3v) is 11.8. The number of hydrogen-bond donors (Lipinski definition) is 2. The molecule has 324 valence electrons. The van der Waals surface area contributed by atoms with Crippen LogP contribution in [-0.2, 0) is 14.9 Å². The van der Waals surface area contributed by atoms with E-state index < -0.39 is 10.1 Å². The molecule has 0 aliphatic carbocycles. The van der Waals surface area contributed by atoms with E-state index in [2.05, 4.69) is 31.4 Å². The molecule has 0 aliphatic rings. The van der Waals surface area contributed by atoms with Gasteiger partial charge in [0, 0.05) is 19.4 Å². The Bertz CT molecular complexity index is 1040. The van der Waals surface area contributed by atoms with Crippen molar-refractivity contribution in [1.29, 1.82) is 0 Å². The number of quaternary nitrogens is 1. The predicted octanol–water partition coefficient (Wildman–Crippen LogP) is 13.1. The smallest absolute Gasteiger partial charge is 0.219 e. The Morgan fingerprint density at radius 3 is 1.33 bits per heavy atom. The van der Waals surface area contributed by atoms with Crippen molar-refractivity contribution in [2.75, 3.05) is 19.6 Å². The van der Waals surface area contributed by atoms with Gasteiger partial charge < -0.3 is 15.2 Å². The second-order valence-corrected chi connectivity index (χ2v) is 18.4. The molecule has 0 heterocycles. The van der Waals surface area contributed by atoms with Gasteiger partial charge >= 0.3 is 0 Å². The van der Waals surface area contributed by atoms with Crippen molar-refractivity contribution in [2.45, 2.75) is 244 Å². The molecule has 0 saturated carbocycles. The lowest BCUT2D eigenvalue weighted by Gasteiger charge is -2.06. The second-order valence-electron chi connectivity index (χ2n) is 17.0. The number of carbonyl (C=O) groups is 1. The molecule has 1 aromatic rings. The average molecular weight is 793 g/mol. The van der Waals surface area contributed by atoms with E-state index in [1.54, 1.807) is 12.1 Å². The molecular formula is C48H92N2O4S. The van der Waals surface area contributed by atoms with Crippen LogP contribution in [0.3, 0.4) is 0 Å². The summed E-state index contributed by atoms with van der Waals surface area (Å²) in [4.78, 5) is 11.9. The maximum atomic E-state index is 12.1. The molecule has 0 bridgehead atoms. The van der Waals surface area contributed by atoms with Crippen molar-refractivity contribution in [1.82, 2.24) is 5.32 Å². The normalized spacial score (nSPS) is 11.5. The average Bonchev–Trinajstić information content (AvgIpc) is 3.15. The molecule has 0 aliphatic heterocycles. The van der Waals surface area contributed by atoms with Gasteiger partial charge in [0.2, 0.25) is 5.91 Å². The van der Waals surface area contributed by atoms with Crippen LogP contribution in [0, 0.1) is 12.8 Å². The van der Waals surface area contributed by atoms with Crippen LogP contribution in [0.1, 0.15) is 238 Å². The molecule has 0 radical (unpaired) electrons. The van der Waals surface area contributed by atoms with E-state index in [-0.39, 0.29) is 10.8 Å². The number of rotatable bonds is 39. The Balaban J connectivity index is 0.00000225. The van der Waals surface area contributed by atoms with E-state index in [1.807, 2.05) is 6.92 Å². The van der Waals surface area contributed by atoms with E-state index in [0.29, 0.717) is 0 Å². The Kier molecular flexibility index (Phi) is 39.7. The number of nitrogens with one attached hydrogen (secondary N) is 1. The van der Waals surface area contributed by atoms with Crippen LogP contribution in [0.25, 0.3) is 0 Å². The summed E-state index contributed by atoms with van der Waals surface area (Å²) in [6.45, 7) is 12.1. The van der Waals surface area contributed by atoms with Crippen molar-refractivity contribution in [3.8, 4) is 0 Å². The van der Waals surface area contributed by atoms with Gasteiger partial charge in [-0.3, -0.25) is 4.79 Å². The maximum absolute atomic E-state index is 12.1. The van der Waals surface area contributed by atoms with E-state index in [1.165, 1.54) is 211 Å². The first kappa shape index (κ1) is 53.6. The lowest BCUT2D eigenvalue weighted by Crippen LogP contribution is -2.84. The van der Waals surface area contributed by atoms with Gasteiger partial charge in [0.1, 0.15) is 10.1 Å². The van der Waals surface area contributed by atoms with Gasteiger partial charge in [-0.05, 0) is 44.2 Å². The number of nitrogens with two attached hydrogens (primary N) is 1. The SMILES string of the molecule is CCCCCCCCCCCCCCCCCC(=O)NCCC[NH2+]CCCCCCCCCCCCCCCCCC(C)C.Cc1ccc(S(=O)(=O)[O-])cc1. The first-order valence-electron chi connectivity index (χ1n) is 23.8. The number of hydrogen-bond acceptors (Lipinski definition) is 4. The van der Waals surface area contributed by atoms with Crippen LogP contribution in [0.15, 0.2) is 29.2 Å². The highest BCUT2D eigenvalue weighted by Crippen LogP contribution is 2.16. The van der Waals surface area contributed by atoms with Crippen LogP contribution in [0.5, 0.6) is 0 Å². The molecule has 0 saturated heterocycles. The summed E-state index contributed by atoms with van der Waals surface area (Å²) >= 11 is 0. The van der Waals surface area contributed by atoms with Crippen LogP contribution in [-0.4, -0.2) is 38.5 Å². The van der Waals surface area contributed by atoms with Crippen molar-refractivity contribution >= 4 is 16.0 Å². The van der Waals surface area contributed by atoms with Crippen molar-refractivity contribution in [3.05, 3.63) is 29.8 Å². The molecule has 0 fully saturated rings. The molecule has 1 amide bonds. The van der Waals surface area contributed by atoms with E-state index in [0.717, 1.165) is 43.8 Å². The lowest BCUT2D eigenvalue weighted by atomic mass is 10.0. The monoisotopic (exact) mass is 793 g/mol. The fraction of sp³-hybridized carbons (Fsp3) is 0.854. The van der Waals surface area contributed by atoms with Crippen molar-refractivity contribution < 1.29 is 23.1 Å².